The van der Waals surface area contributed by atoms with Gasteiger partial charge in [-0.05, 0) is 25.1 Å². The lowest BCUT2D eigenvalue weighted by Gasteiger charge is -2.18. The summed E-state index contributed by atoms with van der Waals surface area (Å²) < 4.78 is 13.2. The summed E-state index contributed by atoms with van der Waals surface area (Å²) in [6.07, 6.45) is 0. The topological polar surface area (TPSA) is 18.5 Å². The predicted molar refractivity (Wildman–Crippen MR) is 113 cm³/mol. The molecule has 130 valence electrons. The van der Waals surface area contributed by atoms with Gasteiger partial charge in [0.25, 0.3) is 0 Å². The molecule has 0 spiro atoms. The minimum absolute atomic E-state index is 0.873. The second-order valence-electron chi connectivity index (χ2n) is 5.93. The van der Waals surface area contributed by atoms with Crippen LogP contribution in [0, 0.1) is 6.92 Å². The molecule has 0 amide bonds. The molecular weight excluding hydrogens is 359 g/mol. The number of thiophene rings is 1. The Morgan fingerprint density at radius 1 is 0.808 bits per heavy atom. The molecule has 0 aliphatic heterocycles. The molecule has 0 aliphatic rings. The fraction of sp³-hybridized carbons (Fsp3) is 0.0909. The minimum Gasteiger partial charge on any atom is -0.497 e. The number of benzene rings is 3. The van der Waals surface area contributed by atoms with E-state index in [1.54, 1.807) is 18.4 Å². The van der Waals surface area contributed by atoms with Gasteiger partial charge in [0.15, 0.2) is 13.2 Å². The van der Waals surface area contributed by atoms with Crippen molar-refractivity contribution < 1.29 is 9.26 Å². The SMILES string of the molecule is COc1ccc2sc(OP(c3ccccc3)c3ccccc3)c(C)c2c1. The number of fused-ring (bicyclic) bond motifs is 1. The van der Waals surface area contributed by atoms with E-state index in [0.717, 1.165) is 10.8 Å². The zero-order valence-electron chi connectivity index (χ0n) is 14.7. The van der Waals surface area contributed by atoms with Crippen molar-refractivity contribution in [2.75, 3.05) is 7.11 Å². The van der Waals surface area contributed by atoms with E-state index in [2.05, 4.69) is 67.6 Å². The van der Waals surface area contributed by atoms with Crippen molar-refractivity contribution in [3.63, 3.8) is 0 Å². The van der Waals surface area contributed by atoms with Crippen molar-refractivity contribution in [1.82, 2.24) is 0 Å². The summed E-state index contributed by atoms with van der Waals surface area (Å²) in [7, 11) is 0.786. The predicted octanol–water partition coefficient (Wildman–Crippen LogP) is 5.65. The van der Waals surface area contributed by atoms with E-state index < -0.39 is 8.15 Å². The number of hydrogen-bond acceptors (Lipinski definition) is 3. The molecule has 0 bridgehead atoms. The normalized spacial score (nSPS) is 11.0. The van der Waals surface area contributed by atoms with Crippen LogP contribution in [0.5, 0.6) is 10.8 Å². The van der Waals surface area contributed by atoms with Gasteiger partial charge in [-0.1, -0.05) is 72.0 Å². The molecule has 0 N–H and O–H groups in total. The summed E-state index contributed by atoms with van der Waals surface area (Å²) in [6.45, 7) is 2.12. The van der Waals surface area contributed by atoms with Gasteiger partial charge in [-0.3, -0.25) is 0 Å². The van der Waals surface area contributed by atoms with E-state index in [-0.39, 0.29) is 0 Å². The summed E-state index contributed by atoms with van der Waals surface area (Å²) in [5, 5.41) is 4.60. The third kappa shape index (κ3) is 3.33. The van der Waals surface area contributed by atoms with Crippen LogP contribution in [0.3, 0.4) is 0 Å². The van der Waals surface area contributed by atoms with Crippen LogP contribution in [-0.2, 0) is 0 Å². The number of ether oxygens (including phenoxy) is 1. The van der Waals surface area contributed by atoms with E-state index in [1.165, 1.54) is 26.3 Å². The molecular formula is C22H19O2PS. The largest absolute Gasteiger partial charge is 0.497 e. The molecule has 4 rings (SSSR count). The van der Waals surface area contributed by atoms with Crippen LogP contribution in [-0.4, -0.2) is 7.11 Å². The maximum absolute atomic E-state index is 6.62. The van der Waals surface area contributed by atoms with Crippen molar-refractivity contribution >= 4 is 40.2 Å². The molecule has 0 saturated carbocycles. The first-order valence-corrected chi connectivity index (χ1v) is 10.5. The Balaban J connectivity index is 1.77. The fourth-order valence-corrected chi connectivity index (χ4v) is 5.85. The summed E-state index contributed by atoms with van der Waals surface area (Å²) in [5.74, 6) is 0.873. The summed E-state index contributed by atoms with van der Waals surface area (Å²) >= 11 is 1.70. The Hall–Kier alpha value is -2.35. The van der Waals surface area contributed by atoms with Gasteiger partial charge >= 0.3 is 0 Å². The highest BCUT2D eigenvalue weighted by atomic mass is 32.1. The molecule has 2 nitrogen and oxygen atoms in total. The minimum atomic E-state index is -0.912. The highest BCUT2D eigenvalue weighted by Gasteiger charge is 2.20. The van der Waals surface area contributed by atoms with Gasteiger partial charge in [-0.2, -0.15) is 0 Å². The molecule has 4 heteroatoms. The Morgan fingerprint density at radius 3 is 2.00 bits per heavy atom. The van der Waals surface area contributed by atoms with Crippen molar-refractivity contribution in [3.05, 3.63) is 84.4 Å². The van der Waals surface area contributed by atoms with E-state index in [9.17, 15) is 0 Å². The quantitative estimate of drug-likeness (QED) is 0.418. The zero-order valence-corrected chi connectivity index (χ0v) is 16.4. The Bertz CT molecular complexity index is 973. The molecule has 0 atom stereocenters. The number of hydrogen-bond donors (Lipinski definition) is 0. The van der Waals surface area contributed by atoms with Gasteiger partial charge in [0, 0.05) is 26.3 Å². The molecule has 0 unspecified atom stereocenters. The summed E-state index contributed by atoms with van der Waals surface area (Å²) in [6, 6.07) is 27.1. The zero-order chi connectivity index (χ0) is 17.9. The van der Waals surface area contributed by atoms with Crippen LogP contribution >= 0.6 is 19.5 Å². The highest BCUT2D eigenvalue weighted by molar-refractivity contribution is 7.69. The average Bonchev–Trinajstić information content (AvgIpc) is 3.02. The molecule has 1 heterocycles. The fourth-order valence-electron chi connectivity index (χ4n) is 2.86. The van der Waals surface area contributed by atoms with E-state index >= 15 is 0 Å². The molecule has 3 aromatic carbocycles. The van der Waals surface area contributed by atoms with E-state index in [0.29, 0.717) is 0 Å². The second-order valence-corrected chi connectivity index (χ2v) is 8.75. The molecule has 0 radical (unpaired) electrons. The Morgan fingerprint density at radius 2 is 1.42 bits per heavy atom. The summed E-state index contributed by atoms with van der Waals surface area (Å²) in [5.41, 5.74) is 1.17. The van der Waals surface area contributed by atoms with Crippen molar-refractivity contribution in [1.29, 1.82) is 0 Å². The number of methoxy groups -OCH3 is 1. The van der Waals surface area contributed by atoms with Crippen LogP contribution in [0.2, 0.25) is 0 Å². The third-order valence-corrected chi connectivity index (χ3v) is 7.43. The molecule has 4 aromatic rings. The van der Waals surface area contributed by atoms with Crippen molar-refractivity contribution in [2.24, 2.45) is 0 Å². The number of aryl methyl sites for hydroxylation is 1. The van der Waals surface area contributed by atoms with Crippen LogP contribution in [0.15, 0.2) is 78.9 Å². The van der Waals surface area contributed by atoms with Crippen LogP contribution in [0.25, 0.3) is 10.1 Å². The lowest BCUT2D eigenvalue weighted by atomic mass is 10.2. The first kappa shape index (κ1) is 17.1. The van der Waals surface area contributed by atoms with Crippen LogP contribution in [0.4, 0.5) is 0 Å². The molecule has 0 aliphatic carbocycles. The van der Waals surface area contributed by atoms with Gasteiger partial charge < -0.3 is 9.26 Å². The maximum Gasteiger partial charge on any atom is 0.182 e. The second kappa shape index (κ2) is 7.49. The van der Waals surface area contributed by atoms with Gasteiger partial charge in [-0.15, -0.1) is 0 Å². The van der Waals surface area contributed by atoms with Gasteiger partial charge in [-0.25, -0.2) is 0 Å². The standard InChI is InChI=1S/C22H19O2PS/c1-16-20-15-17(23-2)13-14-21(20)26-22(16)24-25(18-9-5-3-6-10-18)19-11-7-4-8-12-19/h3-15H,1-2H3. The molecule has 0 fully saturated rings. The third-order valence-electron chi connectivity index (χ3n) is 4.26. The first-order chi connectivity index (χ1) is 12.8. The summed E-state index contributed by atoms with van der Waals surface area (Å²) in [4.78, 5) is 0. The van der Waals surface area contributed by atoms with E-state index in [4.69, 9.17) is 9.26 Å². The Labute approximate surface area is 158 Å². The Kier molecular flexibility index (Phi) is 4.92. The van der Waals surface area contributed by atoms with Crippen molar-refractivity contribution in [2.45, 2.75) is 6.92 Å². The van der Waals surface area contributed by atoms with E-state index in [1.807, 2.05) is 18.2 Å². The molecule has 26 heavy (non-hydrogen) atoms. The monoisotopic (exact) mass is 378 g/mol. The lowest BCUT2D eigenvalue weighted by molar-refractivity contribution is 0.415. The first-order valence-electron chi connectivity index (χ1n) is 8.41. The molecule has 1 aromatic heterocycles. The van der Waals surface area contributed by atoms with Gasteiger partial charge in [0.1, 0.15) is 5.75 Å². The van der Waals surface area contributed by atoms with Crippen molar-refractivity contribution in [3.8, 4) is 10.8 Å². The number of rotatable bonds is 5. The average molecular weight is 378 g/mol. The van der Waals surface area contributed by atoms with Gasteiger partial charge in [0.2, 0.25) is 0 Å². The van der Waals surface area contributed by atoms with Crippen LogP contribution < -0.4 is 19.9 Å². The maximum atomic E-state index is 6.62. The lowest BCUT2D eigenvalue weighted by Crippen LogP contribution is -2.15. The van der Waals surface area contributed by atoms with Gasteiger partial charge in [0.05, 0.1) is 7.11 Å². The molecule has 0 saturated heterocycles. The highest BCUT2D eigenvalue weighted by Crippen LogP contribution is 2.45. The van der Waals surface area contributed by atoms with Crippen LogP contribution in [0.1, 0.15) is 5.56 Å². The smallest absolute Gasteiger partial charge is 0.182 e.